The summed E-state index contributed by atoms with van der Waals surface area (Å²) in [5.74, 6) is 0. The molecule has 0 fully saturated rings. The maximum absolute atomic E-state index is 2.62. The van der Waals surface area contributed by atoms with Crippen molar-refractivity contribution in [1.82, 2.24) is 9.13 Å². The van der Waals surface area contributed by atoms with Gasteiger partial charge in [0.05, 0.1) is 66.5 Å². The lowest BCUT2D eigenvalue weighted by Crippen LogP contribution is -2.33. The number of anilines is 6. The largest absolute Gasteiger partial charge is 0.310 e. The Balaban J connectivity index is 0.613. The average molecular weight is 1720 g/mol. The lowest BCUT2D eigenvalue weighted by atomic mass is 9.65. The van der Waals surface area contributed by atoms with E-state index in [4.69, 9.17) is 0 Å². The molecule has 0 bridgehead atoms. The van der Waals surface area contributed by atoms with Crippen LogP contribution in [0.25, 0.3) is 143 Å². The number of aromatic nitrogens is 2. The molecule has 2 aliphatic heterocycles. The second-order valence-electron chi connectivity index (χ2n) is 38.1. The highest BCUT2D eigenvalue weighted by Crippen LogP contribution is 2.69. The molecule has 4 heteroatoms. The molecule has 2 aromatic heterocycles. The highest BCUT2D eigenvalue weighted by Gasteiger charge is 2.56. The van der Waals surface area contributed by atoms with E-state index in [1.807, 2.05) is 0 Å². The van der Waals surface area contributed by atoms with Crippen molar-refractivity contribution >= 4 is 99.3 Å². The average Bonchev–Trinajstić information content (AvgIpc) is 1.50. The van der Waals surface area contributed by atoms with Gasteiger partial charge in [0, 0.05) is 55.1 Å². The van der Waals surface area contributed by atoms with Crippen molar-refractivity contribution in [1.29, 1.82) is 0 Å². The molecule has 5 aliphatic carbocycles. The number of benzene rings is 22. The van der Waals surface area contributed by atoms with Gasteiger partial charge >= 0.3 is 0 Å². The molecule has 24 aromatic rings. The Kier molecular flexibility index (Phi) is 14.8. The zero-order valence-corrected chi connectivity index (χ0v) is 74.0. The first-order valence-corrected chi connectivity index (χ1v) is 47.7. The number of rotatable bonds is 9. The normalized spacial score (nSPS) is 15.1. The van der Waals surface area contributed by atoms with Gasteiger partial charge in [0.25, 0.3) is 0 Å². The van der Waals surface area contributed by atoms with Gasteiger partial charge in [-0.05, 0) is 258 Å². The molecule has 136 heavy (non-hydrogen) atoms. The molecule has 0 radical (unpaired) electrons. The minimum atomic E-state index is -0.709. The Hall–Kier alpha value is -17.4. The monoisotopic (exact) mass is 1720 g/mol. The van der Waals surface area contributed by atoms with E-state index in [1.165, 1.54) is 210 Å². The van der Waals surface area contributed by atoms with Crippen molar-refractivity contribution in [3.63, 3.8) is 0 Å². The maximum atomic E-state index is 2.62. The zero-order valence-electron chi connectivity index (χ0n) is 74.0. The first-order valence-electron chi connectivity index (χ1n) is 47.7. The fourth-order valence-corrected chi connectivity index (χ4v) is 27.4. The van der Waals surface area contributed by atoms with Gasteiger partial charge in [0.2, 0.25) is 0 Å². The molecule has 0 saturated carbocycles. The zero-order chi connectivity index (χ0) is 88.6. The fraction of sp³-hybridized carbons (Fsp3) is 0.0303. The molecule has 1 unspecified atom stereocenters. The van der Waals surface area contributed by atoms with Gasteiger partial charge in [-0.1, -0.05) is 394 Å². The highest BCUT2D eigenvalue weighted by atomic mass is 15.2. The van der Waals surface area contributed by atoms with Gasteiger partial charge in [-0.2, -0.15) is 0 Å². The third-order valence-electron chi connectivity index (χ3n) is 32.4. The molecule has 3 spiro atoms. The van der Waals surface area contributed by atoms with Gasteiger partial charge in [0.15, 0.2) is 0 Å². The second kappa shape index (κ2) is 27.1. The van der Waals surface area contributed by atoms with Crippen LogP contribution in [0, 0.1) is 0 Å². The standard InChI is InChI=1S/C132H80N4/c1-3-34-83(35-4-1)129(84-36-5-2-6-37-84)107-53-18-9-43-96(107)99-71-67-85(77-117(99)129)134(88-70-75-126-120(80-88)132(111-57-22-12-41-94(111)95-42-13-23-58-112(95)132)116-61-30-52-105-103-47-17-26-63-124(103)136(126)128(105)116)122-65-31-49-91-89(48-28-50-101(91)122)82-66-73-114-106(76-82)98-45-15-24-59-113(98)130(114)108-54-19-14-44-97(108)100-72-68-86(78-118(100)130)133(121-64-27-33-81-32-7-8-38-90(81)121)87-69-74-125-119(79-87)131(109-55-20-10-39-92(109)93-40-11-21-56-110(93)131)115-60-29-51-104-102-46-16-25-62-123(102)135(125)127(104)115/h1-80H. The summed E-state index contributed by atoms with van der Waals surface area (Å²) in [7, 11) is 0. The van der Waals surface area contributed by atoms with Crippen LogP contribution in [0.1, 0.15) is 89.0 Å². The van der Waals surface area contributed by atoms with Gasteiger partial charge in [0.1, 0.15) is 0 Å². The SMILES string of the molecule is c1ccc(C2(c3ccccc3)c3ccccc3-c3ccc(N(c4ccc5c(c4)C4(c6ccccc6-c6ccccc64)c4cccc6c7ccccc7n-5c46)c4cccc5c(-c6ccc7c(c6)-c6ccccc6C76c7ccccc7-c7ccc(N(c8ccc9c(c8)C8(c%10ccccc%10-c%10ccccc%108)c8cccc%10c%11ccccc%11n-9c8%10)c8cccc9ccccc89)cc76)cccc45)cc32)cc1. The molecule has 4 nitrogen and oxygen atoms in total. The Bertz CT molecular complexity index is 9290. The number of para-hydroxylation sites is 4. The molecule has 1 atom stereocenters. The van der Waals surface area contributed by atoms with E-state index in [1.54, 1.807) is 0 Å². The molecule has 0 N–H and O–H groups in total. The lowest BCUT2D eigenvalue weighted by Gasteiger charge is -2.40. The van der Waals surface area contributed by atoms with Crippen LogP contribution in [0.2, 0.25) is 0 Å². The van der Waals surface area contributed by atoms with Gasteiger partial charge in [-0.25, -0.2) is 0 Å². The minimum Gasteiger partial charge on any atom is -0.310 e. The van der Waals surface area contributed by atoms with Crippen LogP contribution in [0.5, 0.6) is 0 Å². The number of nitrogens with zero attached hydrogens (tertiary/aromatic N) is 4. The molecule has 0 saturated heterocycles. The Morgan fingerprint density at radius 1 is 0.162 bits per heavy atom. The maximum Gasteiger partial charge on any atom is 0.0755 e. The molecule has 628 valence electrons. The molecule has 31 rings (SSSR count). The number of fused-ring (bicyclic) bond motifs is 39. The molecular formula is C132H80N4. The van der Waals surface area contributed by atoms with Crippen molar-refractivity contribution in [3.05, 3.63) is 574 Å². The smallest absolute Gasteiger partial charge is 0.0755 e. The highest BCUT2D eigenvalue weighted by molar-refractivity contribution is 6.16. The molecule has 4 heterocycles. The lowest BCUT2D eigenvalue weighted by molar-refractivity contribution is 0.748. The molecular weight excluding hydrogens is 1640 g/mol. The van der Waals surface area contributed by atoms with E-state index in [-0.39, 0.29) is 0 Å². The van der Waals surface area contributed by atoms with Crippen molar-refractivity contribution < 1.29 is 0 Å². The Morgan fingerprint density at radius 2 is 0.463 bits per heavy atom. The summed E-state index contributed by atoms with van der Waals surface area (Å²) in [6.07, 6.45) is 0. The summed E-state index contributed by atoms with van der Waals surface area (Å²) in [5.41, 5.74) is 46.2. The summed E-state index contributed by atoms with van der Waals surface area (Å²) in [4.78, 5) is 5.21. The summed E-state index contributed by atoms with van der Waals surface area (Å²) < 4.78 is 5.16. The van der Waals surface area contributed by atoms with Crippen molar-refractivity contribution in [3.8, 4) is 78.1 Å². The van der Waals surface area contributed by atoms with Crippen LogP contribution in [0.3, 0.4) is 0 Å². The predicted octanol–water partition coefficient (Wildman–Crippen LogP) is 32.9. The summed E-state index contributed by atoms with van der Waals surface area (Å²) in [5, 5.41) is 9.69. The Morgan fingerprint density at radius 3 is 0.941 bits per heavy atom. The third kappa shape index (κ3) is 9.19. The second-order valence-corrected chi connectivity index (χ2v) is 38.1. The number of hydrogen-bond acceptors (Lipinski definition) is 2. The molecule has 22 aromatic carbocycles. The van der Waals surface area contributed by atoms with Gasteiger partial charge < -0.3 is 18.9 Å². The summed E-state index contributed by atoms with van der Waals surface area (Å²) in [6, 6.07) is 187. The van der Waals surface area contributed by atoms with Gasteiger partial charge in [-0.15, -0.1) is 0 Å². The van der Waals surface area contributed by atoms with Crippen LogP contribution in [0.15, 0.2) is 485 Å². The topological polar surface area (TPSA) is 16.3 Å². The quantitative estimate of drug-likeness (QED) is 0.143. The van der Waals surface area contributed by atoms with E-state index in [2.05, 4.69) is 504 Å². The van der Waals surface area contributed by atoms with E-state index in [9.17, 15) is 0 Å². The van der Waals surface area contributed by atoms with Crippen LogP contribution in [0.4, 0.5) is 34.1 Å². The van der Waals surface area contributed by atoms with Gasteiger partial charge in [-0.3, -0.25) is 0 Å². The van der Waals surface area contributed by atoms with Crippen LogP contribution in [-0.4, -0.2) is 9.13 Å². The minimum absolute atomic E-state index is 0.663. The predicted molar refractivity (Wildman–Crippen MR) is 560 cm³/mol. The Labute approximate surface area is 786 Å². The van der Waals surface area contributed by atoms with E-state index < -0.39 is 21.7 Å². The van der Waals surface area contributed by atoms with Crippen LogP contribution in [-0.2, 0) is 21.7 Å². The number of hydrogen-bond donors (Lipinski definition) is 0. The van der Waals surface area contributed by atoms with Crippen molar-refractivity contribution in [2.24, 2.45) is 0 Å². The summed E-state index contributed by atoms with van der Waals surface area (Å²) >= 11 is 0. The summed E-state index contributed by atoms with van der Waals surface area (Å²) in [6.45, 7) is 0. The first kappa shape index (κ1) is 74.2. The van der Waals surface area contributed by atoms with Crippen molar-refractivity contribution in [2.75, 3.05) is 9.80 Å². The van der Waals surface area contributed by atoms with Crippen LogP contribution < -0.4 is 9.80 Å². The van der Waals surface area contributed by atoms with Crippen molar-refractivity contribution in [2.45, 2.75) is 21.7 Å². The molecule has 0 amide bonds. The van der Waals surface area contributed by atoms with E-state index in [0.29, 0.717) is 0 Å². The molecule has 7 aliphatic rings. The third-order valence-corrected chi connectivity index (χ3v) is 32.4. The fourth-order valence-electron chi connectivity index (χ4n) is 27.4. The van der Waals surface area contributed by atoms with E-state index in [0.717, 1.165) is 56.0 Å². The van der Waals surface area contributed by atoms with Crippen LogP contribution >= 0.6 is 0 Å². The van der Waals surface area contributed by atoms with E-state index >= 15 is 0 Å². The first-order chi connectivity index (χ1) is 67.5.